The zero-order chi connectivity index (χ0) is 23.4. The molecule has 1 aromatic heterocycles. The molecule has 0 spiro atoms. The van der Waals surface area contributed by atoms with Crippen LogP contribution in [0.1, 0.15) is 54.3 Å². The fourth-order valence-corrected chi connectivity index (χ4v) is 4.17. The first-order chi connectivity index (χ1) is 15.8. The Kier molecular flexibility index (Phi) is 6.94. The predicted molar refractivity (Wildman–Crippen MR) is 137 cm³/mol. The van der Waals surface area contributed by atoms with Gasteiger partial charge in [-0.2, -0.15) is 0 Å². The van der Waals surface area contributed by atoms with E-state index in [0.717, 1.165) is 38.9 Å². The highest BCUT2D eigenvalue weighted by Gasteiger charge is 2.20. The monoisotopic (exact) mass is 457 g/mol. The van der Waals surface area contributed by atoms with E-state index < -0.39 is 11.7 Å². The molecule has 33 heavy (non-hydrogen) atoms. The summed E-state index contributed by atoms with van der Waals surface area (Å²) in [6, 6.07) is 25.5. The predicted octanol–water partition coefficient (Wildman–Crippen LogP) is 6.95. The Hall–Kier alpha value is -2.98. The lowest BCUT2D eigenvalue weighted by Gasteiger charge is -2.22. The van der Waals surface area contributed by atoms with E-state index in [1.165, 1.54) is 0 Å². The number of nitrogens with zero attached hydrogens (tertiary/aromatic N) is 1. The second-order valence-corrected chi connectivity index (χ2v) is 9.28. The highest BCUT2D eigenvalue weighted by atomic mass is 35.5. The molecule has 0 saturated carbocycles. The lowest BCUT2D eigenvalue weighted by Crippen LogP contribution is -2.18. The molecule has 168 valence electrons. The van der Waals surface area contributed by atoms with Gasteiger partial charge in [-0.15, -0.1) is 0 Å². The average Bonchev–Trinajstić information content (AvgIpc) is 2.81. The van der Waals surface area contributed by atoms with Gasteiger partial charge >= 0.3 is 0 Å². The fraction of sp³-hybridized carbons (Fsp3) is 0.207. The molecule has 1 unspecified atom stereocenters. The van der Waals surface area contributed by atoms with Gasteiger partial charge < -0.3 is 10.2 Å². The van der Waals surface area contributed by atoms with Crippen LogP contribution in [0.15, 0.2) is 78.9 Å². The topological polar surface area (TPSA) is 53.4 Å². The van der Waals surface area contributed by atoms with Crippen molar-refractivity contribution in [2.75, 3.05) is 0 Å². The zero-order valence-electron chi connectivity index (χ0n) is 18.9. The molecule has 4 heteroatoms. The summed E-state index contributed by atoms with van der Waals surface area (Å²) in [7, 11) is 0. The van der Waals surface area contributed by atoms with Crippen molar-refractivity contribution in [3.05, 3.63) is 112 Å². The van der Waals surface area contributed by atoms with Crippen LogP contribution in [0, 0.1) is 0 Å². The smallest absolute Gasteiger partial charge is 0.0843 e. The lowest BCUT2D eigenvalue weighted by molar-refractivity contribution is 0.0772. The summed E-state index contributed by atoms with van der Waals surface area (Å²) in [5, 5.41) is 22.8. The Morgan fingerprint density at radius 1 is 0.939 bits per heavy atom. The summed E-state index contributed by atoms with van der Waals surface area (Å²) >= 11 is 6.08. The standard InChI is InChI=1S/C29H28ClNO2/c1-29(2,33)26-6-4-3-5-21(26)14-18-28(32)23-10-7-20(8-11-23)9-16-25-17-13-22-12-15-24(30)19-27(22)31-25/h3-13,15-17,19,28,32-33H,14,18H2,1-2H3. The van der Waals surface area contributed by atoms with Gasteiger partial charge in [-0.1, -0.05) is 78.3 Å². The van der Waals surface area contributed by atoms with Crippen LogP contribution >= 0.6 is 11.6 Å². The quantitative estimate of drug-likeness (QED) is 0.315. The van der Waals surface area contributed by atoms with Crippen molar-refractivity contribution in [3.8, 4) is 0 Å². The molecule has 0 amide bonds. The maximum atomic E-state index is 10.7. The number of aliphatic hydroxyl groups is 2. The highest BCUT2D eigenvalue weighted by molar-refractivity contribution is 6.31. The first-order valence-corrected chi connectivity index (χ1v) is 11.5. The van der Waals surface area contributed by atoms with E-state index in [1.807, 2.05) is 91.0 Å². The van der Waals surface area contributed by atoms with E-state index >= 15 is 0 Å². The Morgan fingerprint density at radius 3 is 2.42 bits per heavy atom. The number of rotatable bonds is 7. The van der Waals surface area contributed by atoms with Gasteiger partial charge in [0.15, 0.2) is 0 Å². The molecule has 4 aromatic rings. The van der Waals surface area contributed by atoms with Crippen LogP contribution in [0.4, 0.5) is 0 Å². The van der Waals surface area contributed by atoms with Crippen LogP contribution in [-0.2, 0) is 12.0 Å². The van der Waals surface area contributed by atoms with Gasteiger partial charge in [-0.3, -0.25) is 0 Å². The number of aromatic nitrogens is 1. The molecule has 0 aliphatic rings. The lowest BCUT2D eigenvalue weighted by atomic mass is 9.90. The molecular weight excluding hydrogens is 430 g/mol. The van der Waals surface area contributed by atoms with Crippen LogP contribution in [0.2, 0.25) is 5.02 Å². The minimum Gasteiger partial charge on any atom is -0.388 e. The molecule has 1 heterocycles. The second kappa shape index (κ2) is 9.88. The number of benzene rings is 3. The summed E-state index contributed by atoms with van der Waals surface area (Å²) in [4.78, 5) is 4.65. The van der Waals surface area contributed by atoms with E-state index in [2.05, 4.69) is 4.98 Å². The van der Waals surface area contributed by atoms with Crippen LogP contribution in [0.3, 0.4) is 0 Å². The van der Waals surface area contributed by atoms with Crippen molar-refractivity contribution >= 4 is 34.7 Å². The van der Waals surface area contributed by atoms with E-state index in [0.29, 0.717) is 17.9 Å². The van der Waals surface area contributed by atoms with E-state index in [9.17, 15) is 10.2 Å². The van der Waals surface area contributed by atoms with Crippen LogP contribution in [0.25, 0.3) is 23.1 Å². The Balaban J connectivity index is 1.41. The average molecular weight is 458 g/mol. The number of hydrogen-bond acceptors (Lipinski definition) is 3. The van der Waals surface area contributed by atoms with E-state index in [4.69, 9.17) is 11.6 Å². The van der Waals surface area contributed by atoms with Crippen LogP contribution < -0.4 is 0 Å². The van der Waals surface area contributed by atoms with Gasteiger partial charge in [0, 0.05) is 10.4 Å². The second-order valence-electron chi connectivity index (χ2n) is 8.84. The molecule has 3 nitrogen and oxygen atoms in total. The van der Waals surface area contributed by atoms with Gasteiger partial charge in [-0.05, 0) is 73.2 Å². The Bertz CT molecular complexity index is 1270. The third-order valence-corrected chi connectivity index (χ3v) is 6.04. The van der Waals surface area contributed by atoms with Crippen molar-refractivity contribution in [3.63, 3.8) is 0 Å². The number of hydrogen-bond donors (Lipinski definition) is 2. The Morgan fingerprint density at radius 2 is 1.67 bits per heavy atom. The largest absolute Gasteiger partial charge is 0.388 e. The summed E-state index contributed by atoms with van der Waals surface area (Å²) < 4.78 is 0. The van der Waals surface area contributed by atoms with Crippen molar-refractivity contribution in [1.29, 1.82) is 0 Å². The first kappa shape index (κ1) is 23.2. The summed E-state index contributed by atoms with van der Waals surface area (Å²) in [6.07, 6.45) is 4.70. The van der Waals surface area contributed by atoms with Crippen LogP contribution in [-0.4, -0.2) is 15.2 Å². The van der Waals surface area contributed by atoms with Gasteiger partial charge in [0.2, 0.25) is 0 Å². The molecule has 0 aliphatic carbocycles. The summed E-state index contributed by atoms with van der Waals surface area (Å²) in [5.74, 6) is 0. The van der Waals surface area contributed by atoms with Gasteiger partial charge in [0.05, 0.1) is 22.9 Å². The van der Waals surface area contributed by atoms with Crippen molar-refractivity contribution in [2.45, 2.75) is 38.4 Å². The normalized spacial score (nSPS) is 13.0. The first-order valence-electron chi connectivity index (χ1n) is 11.1. The molecule has 4 rings (SSSR count). The van der Waals surface area contributed by atoms with E-state index in [-0.39, 0.29) is 0 Å². The van der Waals surface area contributed by atoms with Gasteiger partial charge in [0.1, 0.15) is 0 Å². The summed E-state index contributed by atoms with van der Waals surface area (Å²) in [5.41, 5.74) is 4.71. The van der Waals surface area contributed by atoms with Crippen molar-refractivity contribution in [1.82, 2.24) is 4.98 Å². The number of aryl methyl sites for hydroxylation is 1. The number of pyridine rings is 1. The third-order valence-electron chi connectivity index (χ3n) is 5.81. The number of fused-ring (bicyclic) bond motifs is 1. The van der Waals surface area contributed by atoms with Crippen LogP contribution in [0.5, 0.6) is 0 Å². The molecular formula is C29H28ClNO2. The van der Waals surface area contributed by atoms with Gasteiger partial charge in [-0.25, -0.2) is 4.98 Å². The maximum absolute atomic E-state index is 10.7. The maximum Gasteiger partial charge on any atom is 0.0843 e. The molecule has 0 radical (unpaired) electrons. The SMILES string of the molecule is CC(C)(O)c1ccccc1CCC(O)c1ccc(C=Cc2ccc3ccc(Cl)cc3n2)cc1. The Labute approximate surface area is 200 Å². The van der Waals surface area contributed by atoms with Gasteiger partial charge in [0.25, 0.3) is 0 Å². The third kappa shape index (κ3) is 5.88. The molecule has 3 aromatic carbocycles. The molecule has 0 aliphatic heterocycles. The summed E-state index contributed by atoms with van der Waals surface area (Å²) in [6.45, 7) is 3.58. The fourth-order valence-electron chi connectivity index (χ4n) is 4.00. The molecule has 0 fully saturated rings. The molecule has 2 N–H and O–H groups in total. The van der Waals surface area contributed by atoms with Crippen molar-refractivity contribution in [2.24, 2.45) is 0 Å². The number of aliphatic hydroxyl groups excluding tert-OH is 1. The molecule has 0 bridgehead atoms. The van der Waals surface area contributed by atoms with E-state index in [1.54, 1.807) is 13.8 Å². The van der Waals surface area contributed by atoms with Crippen molar-refractivity contribution < 1.29 is 10.2 Å². The highest BCUT2D eigenvalue weighted by Crippen LogP contribution is 2.27. The minimum absolute atomic E-state index is 0.565. The minimum atomic E-state index is -0.901. The molecule has 1 atom stereocenters. The number of halogens is 1. The molecule has 0 saturated heterocycles. The zero-order valence-corrected chi connectivity index (χ0v) is 19.6.